The van der Waals surface area contributed by atoms with E-state index < -0.39 is 28.5 Å². The van der Waals surface area contributed by atoms with Crippen molar-refractivity contribution in [1.82, 2.24) is 10.2 Å². The van der Waals surface area contributed by atoms with Crippen LogP contribution in [0.5, 0.6) is 0 Å². The van der Waals surface area contributed by atoms with Crippen molar-refractivity contribution in [3.8, 4) is 0 Å². The minimum atomic E-state index is -4.29. The number of sulfonamides is 1. The highest BCUT2D eigenvalue weighted by molar-refractivity contribution is 7.92. The number of hydrogen-bond acceptors (Lipinski definition) is 4. The minimum absolute atomic E-state index is 0.0224. The number of benzene rings is 4. The van der Waals surface area contributed by atoms with Gasteiger partial charge < -0.3 is 10.2 Å². The summed E-state index contributed by atoms with van der Waals surface area (Å²) in [6, 6.07) is 23.7. The van der Waals surface area contributed by atoms with Crippen LogP contribution < -0.4 is 9.62 Å². The zero-order valence-electron chi connectivity index (χ0n) is 25.2. The van der Waals surface area contributed by atoms with Crippen LogP contribution in [0.2, 0.25) is 20.1 Å². The van der Waals surface area contributed by atoms with E-state index in [-0.39, 0.29) is 39.5 Å². The Balaban J connectivity index is 1.83. The largest absolute Gasteiger partial charge is 0.354 e. The van der Waals surface area contributed by atoms with Gasteiger partial charge in [-0.15, -0.1) is 0 Å². The van der Waals surface area contributed by atoms with Crippen LogP contribution in [-0.4, -0.2) is 44.3 Å². The molecule has 242 valence electrons. The number of nitrogens with zero attached hydrogens (tertiary/aromatic N) is 2. The van der Waals surface area contributed by atoms with E-state index in [1.807, 2.05) is 44.2 Å². The summed E-state index contributed by atoms with van der Waals surface area (Å²) in [4.78, 5) is 29.6. The van der Waals surface area contributed by atoms with E-state index in [4.69, 9.17) is 46.4 Å². The molecular weight excluding hydrogens is 688 g/mol. The van der Waals surface area contributed by atoms with Crippen LogP contribution in [0.15, 0.2) is 95.9 Å². The number of carbonyl (C=O) groups excluding carboxylic acids is 2. The Labute approximate surface area is 290 Å². The van der Waals surface area contributed by atoms with Crippen molar-refractivity contribution >= 4 is 73.9 Å². The van der Waals surface area contributed by atoms with Crippen LogP contribution >= 0.6 is 46.4 Å². The van der Waals surface area contributed by atoms with E-state index in [2.05, 4.69) is 5.32 Å². The molecule has 0 heterocycles. The lowest BCUT2D eigenvalue weighted by Crippen LogP contribution is -2.53. The normalized spacial score (nSPS) is 12.0. The Hall–Kier alpha value is -3.27. The topological polar surface area (TPSA) is 86.8 Å². The van der Waals surface area contributed by atoms with E-state index in [0.29, 0.717) is 28.6 Å². The zero-order valence-corrected chi connectivity index (χ0v) is 29.1. The van der Waals surface area contributed by atoms with E-state index in [1.165, 1.54) is 35.2 Å². The first-order chi connectivity index (χ1) is 21.9. The maximum Gasteiger partial charge on any atom is 0.264 e. The average molecular weight is 722 g/mol. The molecule has 0 aliphatic rings. The van der Waals surface area contributed by atoms with Crippen molar-refractivity contribution in [2.75, 3.05) is 17.4 Å². The molecule has 4 aromatic rings. The van der Waals surface area contributed by atoms with Crippen LogP contribution in [0, 0.1) is 6.92 Å². The molecule has 2 amide bonds. The first-order valence-electron chi connectivity index (χ1n) is 14.5. The fourth-order valence-electron chi connectivity index (χ4n) is 4.76. The Kier molecular flexibility index (Phi) is 12.4. The van der Waals surface area contributed by atoms with Gasteiger partial charge in [0.1, 0.15) is 12.6 Å². The van der Waals surface area contributed by atoms with Crippen LogP contribution in [-0.2, 0) is 32.6 Å². The Bertz CT molecular complexity index is 1790. The second-order valence-corrected chi connectivity index (χ2v) is 14.2. The molecular formula is C34H33Cl4N3O4S. The molecule has 0 aromatic heterocycles. The molecule has 46 heavy (non-hydrogen) atoms. The van der Waals surface area contributed by atoms with Gasteiger partial charge in [-0.05, 0) is 66.9 Å². The molecule has 12 heteroatoms. The Morgan fingerprint density at radius 1 is 0.826 bits per heavy atom. The lowest BCUT2D eigenvalue weighted by atomic mass is 10.0. The van der Waals surface area contributed by atoms with Crippen molar-refractivity contribution in [1.29, 1.82) is 0 Å². The van der Waals surface area contributed by atoms with Crippen molar-refractivity contribution in [2.45, 2.75) is 44.2 Å². The van der Waals surface area contributed by atoms with Gasteiger partial charge in [-0.25, -0.2) is 8.42 Å². The molecule has 4 rings (SSSR count). The summed E-state index contributed by atoms with van der Waals surface area (Å²) < 4.78 is 29.3. The fourth-order valence-corrected chi connectivity index (χ4v) is 6.93. The van der Waals surface area contributed by atoms with Crippen LogP contribution in [0.25, 0.3) is 0 Å². The Morgan fingerprint density at radius 3 is 2.15 bits per heavy atom. The standard InChI is InChI=1S/C34H33Cl4N3O4S/c1-3-17-39-34(43)32(18-24-7-5-4-6-8-24)40(21-25-11-12-26(35)19-30(25)37)33(42)22-41(27-13-16-29(36)31(38)20-27)46(44,45)28-14-9-23(2)10-15-28/h4-16,19-20,32H,3,17-18,21-22H2,1-2H3,(H,39,43). The quantitative estimate of drug-likeness (QED) is 0.152. The van der Waals surface area contributed by atoms with Gasteiger partial charge in [0.25, 0.3) is 10.0 Å². The summed E-state index contributed by atoms with van der Waals surface area (Å²) in [5.74, 6) is -1.02. The molecule has 0 aliphatic carbocycles. The molecule has 7 nitrogen and oxygen atoms in total. The predicted octanol–water partition coefficient (Wildman–Crippen LogP) is 7.97. The molecule has 0 radical (unpaired) electrons. The van der Waals surface area contributed by atoms with Crippen molar-refractivity contribution in [3.63, 3.8) is 0 Å². The molecule has 1 N–H and O–H groups in total. The molecule has 0 fully saturated rings. The second-order valence-electron chi connectivity index (χ2n) is 10.7. The highest BCUT2D eigenvalue weighted by atomic mass is 35.5. The third-order valence-electron chi connectivity index (χ3n) is 7.26. The number of halogens is 4. The summed E-state index contributed by atoms with van der Waals surface area (Å²) in [6.07, 6.45) is 0.853. The summed E-state index contributed by atoms with van der Waals surface area (Å²) >= 11 is 25.2. The van der Waals surface area contributed by atoms with Crippen molar-refractivity contribution < 1.29 is 18.0 Å². The second kappa shape index (κ2) is 16.0. The highest BCUT2D eigenvalue weighted by Gasteiger charge is 2.35. The van der Waals surface area contributed by atoms with Crippen LogP contribution in [0.4, 0.5) is 5.69 Å². The van der Waals surface area contributed by atoms with E-state index in [1.54, 1.807) is 30.3 Å². The van der Waals surface area contributed by atoms with Gasteiger partial charge in [0.05, 0.1) is 20.6 Å². The molecule has 0 saturated heterocycles. The van der Waals surface area contributed by atoms with Gasteiger partial charge >= 0.3 is 0 Å². The maximum atomic E-state index is 14.5. The number of nitrogens with one attached hydrogen (secondary N) is 1. The average Bonchev–Trinajstić information content (AvgIpc) is 3.03. The summed E-state index contributed by atoms with van der Waals surface area (Å²) in [5, 5.41) is 3.94. The molecule has 0 aliphatic heterocycles. The minimum Gasteiger partial charge on any atom is -0.354 e. The molecule has 4 aromatic carbocycles. The lowest BCUT2D eigenvalue weighted by Gasteiger charge is -2.34. The fraction of sp³-hybridized carbons (Fsp3) is 0.235. The van der Waals surface area contributed by atoms with Gasteiger partial charge in [-0.3, -0.25) is 13.9 Å². The van der Waals surface area contributed by atoms with Crippen molar-refractivity contribution in [3.05, 3.63) is 128 Å². The van der Waals surface area contributed by atoms with Gasteiger partial charge in [0.2, 0.25) is 11.8 Å². The number of carbonyl (C=O) groups is 2. The summed E-state index contributed by atoms with van der Waals surface area (Å²) in [7, 11) is -4.29. The first kappa shape index (κ1) is 35.6. The highest BCUT2D eigenvalue weighted by Crippen LogP contribution is 2.31. The number of hydrogen-bond donors (Lipinski definition) is 1. The third kappa shape index (κ3) is 8.96. The summed E-state index contributed by atoms with van der Waals surface area (Å²) in [6.45, 7) is 3.42. The summed E-state index contributed by atoms with van der Waals surface area (Å²) in [5.41, 5.74) is 2.34. The zero-order chi connectivity index (χ0) is 33.4. The predicted molar refractivity (Wildman–Crippen MR) is 186 cm³/mol. The molecule has 1 atom stereocenters. The number of aryl methyl sites for hydroxylation is 1. The number of rotatable bonds is 13. The van der Waals surface area contributed by atoms with Crippen LogP contribution in [0.3, 0.4) is 0 Å². The van der Waals surface area contributed by atoms with Gasteiger partial charge in [-0.1, -0.05) is 107 Å². The number of anilines is 1. The van der Waals surface area contributed by atoms with Crippen LogP contribution in [0.1, 0.15) is 30.0 Å². The van der Waals surface area contributed by atoms with E-state index in [9.17, 15) is 18.0 Å². The third-order valence-corrected chi connectivity index (χ3v) is 10.4. The Morgan fingerprint density at radius 2 is 1.52 bits per heavy atom. The first-order valence-corrected chi connectivity index (χ1v) is 17.5. The van der Waals surface area contributed by atoms with E-state index >= 15 is 0 Å². The number of amides is 2. The van der Waals surface area contributed by atoms with Gasteiger partial charge in [0.15, 0.2) is 0 Å². The van der Waals surface area contributed by atoms with E-state index in [0.717, 1.165) is 15.4 Å². The monoisotopic (exact) mass is 719 g/mol. The smallest absolute Gasteiger partial charge is 0.264 e. The lowest BCUT2D eigenvalue weighted by molar-refractivity contribution is -0.140. The molecule has 0 saturated carbocycles. The SMILES string of the molecule is CCCNC(=O)C(Cc1ccccc1)N(Cc1ccc(Cl)cc1Cl)C(=O)CN(c1ccc(Cl)c(Cl)c1)S(=O)(=O)c1ccc(C)cc1. The molecule has 1 unspecified atom stereocenters. The molecule has 0 bridgehead atoms. The maximum absolute atomic E-state index is 14.5. The molecule has 0 spiro atoms. The van der Waals surface area contributed by atoms with Gasteiger partial charge in [0, 0.05) is 29.6 Å². The van der Waals surface area contributed by atoms with Crippen molar-refractivity contribution in [2.24, 2.45) is 0 Å². The van der Waals surface area contributed by atoms with Gasteiger partial charge in [-0.2, -0.15) is 0 Å².